The molecule has 0 radical (unpaired) electrons. The smallest absolute Gasteiger partial charge is 0.295 e. The van der Waals surface area contributed by atoms with Crippen molar-refractivity contribution in [2.24, 2.45) is 5.10 Å². The second-order valence-electron chi connectivity index (χ2n) is 4.65. The quantitative estimate of drug-likeness (QED) is 0.607. The lowest BCUT2D eigenvalue weighted by Crippen LogP contribution is -2.98. The van der Waals surface area contributed by atoms with Gasteiger partial charge < -0.3 is 14.7 Å². The molecule has 8 heteroatoms. The molecular formula is C12H17N3O4S. The van der Waals surface area contributed by atoms with Crippen LogP contribution in [0.1, 0.15) is 19.1 Å². The third-order valence-corrected chi connectivity index (χ3v) is 4.50. The van der Waals surface area contributed by atoms with Crippen LogP contribution in [0.25, 0.3) is 0 Å². The number of nitrogens with zero attached hydrogens (tertiary/aromatic N) is 2. The lowest BCUT2D eigenvalue weighted by molar-refractivity contribution is -0.761. The van der Waals surface area contributed by atoms with Crippen LogP contribution in [0.5, 0.6) is 0 Å². The first-order valence-electron chi connectivity index (χ1n) is 6.30. The Morgan fingerprint density at radius 3 is 3.00 bits per heavy atom. The number of carbonyl (C=O) groups is 1. The Labute approximate surface area is 119 Å². The van der Waals surface area contributed by atoms with Gasteiger partial charge in [0, 0.05) is 19.0 Å². The third-order valence-electron chi connectivity index (χ3n) is 3.01. The third kappa shape index (κ3) is 3.53. The maximum atomic E-state index is 11.5. The van der Waals surface area contributed by atoms with Crippen LogP contribution in [0, 0.1) is 5.21 Å². The Bertz CT molecular complexity index is 541. The zero-order valence-electron chi connectivity index (χ0n) is 11.4. The zero-order valence-corrected chi connectivity index (χ0v) is 12.2. The fraction of sp³-hybridized carbons (Fsp3) is 0.500. The molecule has 1 fully saturated rings. The van der Waals surface area contributed by atoms with Crippen LogP contribution in [0.15, 0.2) is 21.7 Å². The maximum Gasteiger partial charge on any atom is 0.295 e. The van der Waals surface area contributed by atoms with Gasteiger partial charge in [0.25, 0.3) is 5.88 Å². The van der Waals surface area contributed by atoms with E-state index in [9.17, 15) is 14.2 Å². The number of furan rings is 1. The molecule has 0 saturated carbocycles. The number of carbonyl (C=O) groups excluding carboxylic acids is 1. The van der Waals surface area contributed by atoms with E-state index in [1.165, 1.54) is 13.3 Å². The first-order chi connectivity index (χ1) is 9.47. The van der Waals surface area contributed by atoms with Crippen molar-refractivity contribution in [1.29, 1.82) is 0 Å². The Morgan fingerprint density at radius 2 is 2.35 bits per heavy atom. The lowest BCUT2D eigenvalue weighted by atomic mass is 10.3. The monoisotopic (exact) mass is 299 g/mol. The molecule has 1 aromatic heterocycles. The molecule has 110 valence electrons. The number of nitrogens with one attached hydrogen (secondary N) is 1. The molecule has 1 aliphatic heterocycles. The lowest BCUT2D eigenvalue weighted by Gasteiger charge is -2.22. The Hall–Kier alpha value is -1.51. The van der Waals surface area contributed by atoms with Crippen molar-refractivity contribution in [2.45, 2.75) is 19.4 Å². The van der Waals surface area contributed by atoms with Crippen LogP contribution >= 0.6 is 0 Å². The van der Waals surface area contributed by atoms with Gasteiger partial charge >= 0.3 is 0 Å². The van der Waals surface area contributed by atoms with Crippen LogP contribution < -0.4 is 5.06 Å². The van der Waals surface area contributed by atoms with E-state index in [0.717, 1.165) is 0 Å². The van der Waals surface area contributed by atoms with Crippen LogP contribution in [0.2, 0.25) is 0 Å². The van der Waals surface area contributed by atoms with Gasteiger partial charge in [0.1, 0.15) is 0 Å². The number of rotatable bonds is 3. The number of quaternary nitrogens is 1. The normalized spacial score (nSPS) is 25.9. The van der Waals surface area contributed by atoms with E-state index in [0.29, 0.717) is 12.3 Å². The van der Waals surface area contributed by atoms with Crippen molar-refractivity contribution in [2.75, 3.05) is 19.3 Å². The predicted octanol–water partition coefficient (Wildman–Crippen LogP) is -0.373. The van der Waals surface area contributed by atoms with Crippen molar-refractivity contribution < 1.29 is 18.5 Å². The minimum absolute atomic E-state index is 0.0826. The number of hydrogen-bond acceptors (Lipinski definition) is 6. The molecule has 0 amide bonds. The SMILES string of the molecule is CC1CS(=O)C(=O)CCN1/N=C/c1ccc([NH+](C)[O-])o1. The van der Waals surface area contributed by atoms with Gasteiger partial charge in [0.2, 0.25) is 5.12 Å². The molecule has 20 heavy (non-hydrogen) atoms. The van der Waals surface area contributed by atoms with E-state index in [1.807, 2.05) is 6.92 Å². The Kier molecular flexibility index (Phi) is 4.69. The summed E-state index contributed by atoms with van der Waals surface area (Å²) in [5.74, 6) is 1.04. The van der Waals surface area contributed by atoms with Crippen molar-refractivity contribution in [3.63, 3.8) is 0 Å². The second-order valence-corrected chi connectivity index (χ2v) is 6.13. The van der Waals surface area contributed by atoms with Crippen LogP contribution in [-0.4, -0.2) is 45.9 Å². The highest BCUT2D eigenvalue weighted by atomic mass is 32.2. The molecule has 1 aliphatic rings. The van der Waals surface area contributed by atoms with Crippen molar-refractivity contribution in [3.05, 3.63) is 23.1 Å². The number of hydrogen-bond donors (Lipinski definition) is 1. The zero-order chi connectivity index (χ0) is 14.7. The van der Waals surface area contributed by atoms with Crippen molar-refractivity contribution in [1.82, 2.24) is 5.01 Å². The number of hydrazone groups is 1. The molecule has 1 N–H and O–H groups in total. The molecule has 2 heterocycles. The minimum Gasteiger partial charge on any atom is -0.627 e. The average Bonchev–Trinajstić information content (AvgIpc) is 2.82. The molecular weight excluding hydrogens is 282 g/mol. The molecule has 3 atom stereocenters. The molecule has 1 saturated heterocycles. The van der Waals surface area contributed by atoms with Crippen molar-refractivity contribution >= 4 is 28.0 Å². The van der Waals surface area contributed by atoms with Crippen LogP contribution in [-0.2, 0) is 15.6 Å². The number of hydroxylamine groups is 1. The summed E-state index contributed by atoms with van der Waals surface area (Å²) in [6.07, 6.45) is 1.73. The first kappa shape index (κ1) is 14.9. The van der Waals surface area contributed by atoms with Gasteiger partial charge in [0.05, 0.1) is 35.9 Å². The summed E-state index contributed by atoms with van der Waals surface area (Å²) in [7, 11) is 0.00234. The molecule has 7 nitrogen and oxygen atoms in total. The van der Waals surface area contributed by atoms with Gasteiger partial charge in [-0.3, -0.25) is 14.0 Å². The fourth-order valence-electron chi connectivity index (χ4n) is 1.85. The van der Waals surface area contributed by atoms with Gasteiger partial charge in [-0.05, 0) is 13.0 Å². The summed E-state index contributed by atoms with van der Waals surface area (Å²) in [5, 5.41) is 16.7. The highest BCUT2D eigenvalue weighted by molar-refractivity contribution is 8.00. The van der Waals surface area contributed by atoms with Gasteiger partial charge in [-0.15, -0.1) is 0 Å². The average molecular weight is 299 g/mol. The summed E-state index contributed by atoms with van der Waals surface area (Å²) in [4.78, 5) is 11.4. The molecule has 0 spiro atoms. The summed E-state index contributed by atoms with van der Waals surface area (Å²) < 4.78 is 16.8. The predicted molar refractivity (Wildman–Crippen MR) is 75.0 cm³/mol. The first-order valence-corrected chi connectivity index (χ1v) is 7.62. The highest BCUT2D eigenvalue weighted by Crippen LogP contribution is 2.12. The summed E-state index contributed by atoms with van der Waals surface area (Å²) in [5.41, 5.74) is 0. The van der Waals surface area contributed by atoms with Crippen molar-refractivity contribution in [3.8, 4) is 0 Å². The second kappa shape index (κ2) is 6.29. The molecule has 0 aromatic carbocycles. The van der Waals surface area contributed by atoms with Crippen LogP contribution in [0.4, 0.5) is 5.88 Å². The van der Waals surface area contributed by atoms with Gasteiger partial charge in [-0.25, -0.2) is 0 Å². The Morgan fingerprint density at radius 1 is 1.60 bits per heavy atom. The van der Waals surface area contributed by atoms with Gasteiger partial charge in [-0.2, -0.15) is 5.10 Å². The summed E-state index contributed by atoms with van der Waals surface area (Å²) >= 11 is 0. The molecule has 1 aromatic rings. The molecule has 2 rings (SSSR count). The molecule has 0 aliphatic carbocycles. The standard InChI is InChI=1S/C12H17N3O4S/c1-9-8-20(18)12(16)5-6-15(9)13-7-10-3-4-11(19-10)14(2)17/h3-4,7,9,14H,5-6,8H2,1-2H3/b13-7+. The topological polar surface area (TPSA) is 90.4 Å². The van der Waals surface area contributed by atoms with Gasteiger partial charge in [-0.1, -0.05) is 0 Å². The summed E-state index contributed by atoms with van der Waals surface area (Å²) in [6, 6.07) is 3.17. The van der Waals surface area contributed by atoms with E-state index in [-0.39, 0.29) is 34.3 Å². The molecule has 3 unspecified atom stereocenters. The minimum atomic E-state index is -1.43. The van der Waals surface area contributed by atoms with E-state index in [1.54, 1.807) is 17.1 Å². The Balaban J connectivity index is 2.05. The van der Waals surface area contributed by atoms with E-state index >= 15 is 0 Å². The molecule has 0 bridgehead atoms. The largest absolute Gasteiger partial charge is 0.627 e. The van der Waals surface area contributed by atoms with E-state index in [4.69, 9.17) is 4.42 Å². The van der Waals surface area contributed by atoms with Gasteiger partial charge in [0.15, 0.2) is 5.76 Å². The highest BCUT2D eigenvalue weighted by Gasteiger charge is 2.24. The maximum absolute atomic E-state index is 11.5. The fourth-order valence-corrected chi connectivity index (χ4v) is 2.97. The van der Waals surface area contributed by atoms with E-state index in [2.05, 4.69) is 5.10 Å². The summed E-state index contributed by atoms with van der Waals surface area (Å²) in [6.45, 7) is 2.31. The van der Waals surface area contributed by atoms with E-state index < -0.39 is 10.8 Å². The van der Waals surface area contributed by atoms with Crippen LogP contribution in [0.3, 0.4) is 0 Å².